The van der Waals surface area contributed by atoms with E-state index >= 15 is 0 Å². The molecule has 5 heteroatoms. The second-order valence-electron chi connectivity index (χ2n) is 3.08. The molecule has 0 aliphatic heterocycles. The summed E-state index contributed by atoms with van der Waals surface area (Å²) in [5.41, 5.74) is 3.80. The van der Waals surface area contributed by atoms with Crippen molar-refractivity contribution >= 4 is 23.1 Å². The van der Waals surface area contributed by atoms with Gasteiger partial charge in [-0.2, -0.15) is 0 Å². The van der Waals surface area contributed by atoms with Crippen molar-refractivity contribution in [1.29, 1.82) is 0 Å². The van der Waals surface area contributed by atoms with Gasteiger partial charge in [0.05, 0.1) is 6.61 Å². The molecule has 1 aromatic heterocycles. The van der Waals surface area contributed by atoms with Crippen molar-refractivity contribution in [2.75, 3.05) is 0 Å². The molecule has 0 aliphatic carbocycles. The van der Waals surface area contributed by atoms with E-state index < -0.39 is 0 Å². The molecule has 0 aliphatic rings. The summed E-state index contributed by atoms with van der Waals surface area (Å²) in [7, 11) is 0. The third kappa shape index (κ3) is 2.56. The molecule has 0 bridgehead atoms. The number of aryl methyl sites for hydroxylation is 1. The number of hydrogen-bond acceptors (Lipinski definition) is 5. The molecule has 1 N–H and O–H groups in total. The number of aromatic nitrogens is 2. The van der Waals surface area contributed by atoms with Crippen LogP contribution in [0.1, 0.15) is 11.1 Å². The minimum absolute atomic E-state index is 0.0584. The fourth-order valence-corrected chi connectivity index (χ4v) is 2.77. The van der Waals surface area contributed by atoms with E-state index in [-0.39, 0.29) is 6.61 Å². The fraction of sp³-hybridized carbons (Fsp3) is 0.200. The lowest BCUT2D eigenvalue weighted by atomic mass is 10.1. The van der Waals surface area contributed by atoms with Gasteiger partial charge in [0.15, 0.2) is 4.34 Å². The van der Waals surface area contributed by atoms with Crippen LogP contribution in [0.5, 0.6) is 0 Å². The zero-order valence-electron chi connectivity index (χ0n) is 8.17. The van der Waals surface area contributed by atoms with Gasteiger partial charge in [-0.25, -0.2) is 0 Å². The monoisotopic (exact) mass is 238 g/mol. The van der Waals surface area contributed by atoms with Crippen LogP contribution in [0.25, 0.3) is 0 Å². The molecule has 0 fully saturated rings. The van der Waals surface area contributed by atoms with Crippen LogP contribution >= 0.6 is 23.1 Å². The van der Waals surface area contributed by atoms with E-state index in [1.165, 1.54) is 23.1 Å². The van der Waals surface area contributed by atoms with Crippen molar-refractivity contribution in [3.05, 3.63) is 34.8 Å². The van der Waals surface area contributed by atoms with Gasteiger partial charge in [-0.3, -0.25) is 0 Å². The predicted molar refractivity (Wildman–Crippen MR) is 61.1 cm³/mol. The summed E-state index contributed by atoms with van der Waals surface area (Å²) < 4.78 is 0.897. The molecule has 0 saturated heterocycles. The Labute approximate surface area is 96.2 Å². The Morgan fingerprint density at radius 3 is 3.00 bits per heavy atom. The molecule has 1 aromatic carbocycles. The minimum atomic E-state index is 0.0584. The predicted octanol–water partition coefficient (Wildman–Crippen LogP) is 2.49. The van der Waals surface area contributed by atoms with E-state index in [4.69, 9.17) is 0 Å². The summed E-state index contributed by atoms with van der Waals surface area (Å²) in [6.45, 7) is 2.07. The van der Waals surface area contributed by atoms with Crippen molar-refractivity contribution in [3.63, 3.8) is 0 Å². The highest BCUT2D eigenvalue weighted by Gasteiger charge is 2.06. The Morgan fingerprint density at radius 2 is 2.33 bits per heavy atom. The first-order valence-corrected chi connectivity index (χ1v) is 6.13. The van der Waals surface area contributed by atoms with E-state index in [2.05, 4.69) is 10.2 Å². The first kappa shape index (κ1) is 10.6. The molecule has 0 unspecified atom stereocenters. The number of aliphatic hydroxyl groups is 1. The van der Waals surface area contributed by atoms with Gasteiger partial charge >= 0.3 is 0 Å². The van der Waals surface area contributed by atoms with Crippen LogP contribution in [0, 0.1) is 6.92 Å². The van der Waals surface area contributed by atoms with Crippen LogP contribution in [0.2, 0.25) is 0 Å². The molecule has 0 amide bonds. The highest BCUT2D eigenvalue weighted by atomic mass is 32.2. The van der Waals surface area contributed by atoms with Crippen LogP contribution < -0.4 is 0 Å². The van der Waals surface area contributed by atoms with Crippen molar-refractivity contribution in [3.8, 4) is 0 Å². The van der Waals surface area contributed by atoms with Crippen LogP contribution in [0.3, 0.4) is 0 Å². The van der Waals surface area contributed by atoms with Crippen LogP contribution in [0.15, 0.2) is 32.9 Å². The third-order valence-electron chi connectivity index (χ3n) is 1.92. The van der Waals surface area contributed by atoms with Gasteiger partial charge in [-0.1, -0.05) is 40.8 Å². The third-order valence-corrected chi connectivity index (χ3v) is 3.82. The van der Waals surface area contributed by atoms with E-state index in [1.54, 1.807) is 5.51 Å². The lowest BCUT2D eigenvalue weighted by Gasteiger charge is -2.05. The van der Waals surface area contributed by atoms with Gasteiger partial charge in [-0.05, 0) is 18.6 Å². The second kappa shape index (κ2) is 4.74. The van der Waals surface area contributed by atoms with Crippen molar-refractivity contribution in [1.82, 2.24) is 10.2 Å². The van der Waals surface area contributed by atoms with Crippen molar-refractivity contribution < 1.29 is 5.11 Å². The van der Waals surface area contributed by atoms with Crippen molar-refractivity contribution in [2.45, 2.75) is 22.8 Å². The van der Waals surface area contributed by atoms with Crippen molar-refractivity contribution in [2.24, 2.45) is 0 Å². The standard InChI is InChI=1S/C10H10N2OS2/c1-7-2-3-9(8(4-7)5-13)15-10-12-11-6-14-10/h2-4,6,13H,5H2,1H3. The average Bonchev–Trinajstić information content (AvgIpc) is 2.73. The Hall–Kier alpha value is -0.910. The fourth-order valence-electron chi connectivity index (χ4n) is 1.23. The largest absolute Gasteiger partial charge is 0.392 e. The summed E-state index contributed by atoms with van der Waals surface area (Å²) in [5.74, 6) is 0. The minimum Gasteiger partial charge on any atom is -0.392 e. The Balaban J connectivity index is 2.28. The lowest BCUT2D eigenvalue weighted by molar-refractivity contribution is 0.279. The molecular formula is C10H10N2OS2. The van der Waals surface area contributed by atoms with Gasteiger partial charge in [0.25, 0.3) is 0 Å². The summed E-state index contributed by atoms with van der Waals surface area (Å²) in [6, 6.07) is 6.03. The maximum Gasteiger partial charge on any atom is 0.178 e. The summed E-state index contributed by atoms with van der Waals surface area (Å²) >= 11 is 3.04. The van der Waals surface area contributed by atoms with Gasteiger partial charge in [0.2, 0.25) is 0 Å². The maximum absolute atomic E-state index is 9.23. The van der Waals surface area contributed by atoms with Gasteiger partial charge in [0.1, 0.15) is 5.51 Å². The smallest absolute Gasteiger partial charge is 0.178 e. The topological polar surface area (TPSA) is 46.0 Å². The highest BCUT2D eigenvalue weighted by molar-refractivity contribution is 8.01. The van der Waals surface area contributed by atoms with Crippen LogP contribution in [-0.4, -0.2) is 15.3 Å². The normalized spacial score (nSPS) is 10.5. The molecule has 78 valence electrons. The first-order valence-electron chi connectivity index (χ1n) is 4.44. The van der Waals surface area contributed by atoms with E-state index in [0.717, 1.165) is 20.4 Å². The average molecular weight is 238 g/mol. The Kier molecular flexibility index (Phi) is 3.35. The van der Waals surface area contributed by atoms with Gasteiger partial charge in [0, 0.05) is 4.90 Å². The van der Waals surface area contributed by atoms with E-state index in [0.29, 0.717) is 0 Å². The van der Waals surface area contributed by atoms with Crippen LogP contribution in [0.4, 0.5) is 0 Å². The highest BCUT2D eigenvalue weighted by Crippen LogP contribution is 2.31. The molecule has 0 saturated carbocycles. The molecule has 2 aromatic rings. The number of benzene rings is 1. The molecule has 0 spiro atoms. The Morgan fingerprint density at radius 1 is 1.47 bits per heavy atom. The Bertz CT molecular complexity index is 443. The molecule has 2 rings (SSSR count). The first-order chi connectivity index (χ1) is 7.29. The molecule has 3 nitrogen and oxygen atoms in total. The van der Waals surface area contributed by atoms with E-state index in [1.807, 2.05) is 25.1 Å². The van der Waals surface area contributed by atoms with E-state index in [9.17, 15) is 5.11 Å². The molecule has 0 atom stereocenters. The lowest BCUT2D eigenvalue weighted by Crippen LogP contribution is -1.88. The zero-order valence-corrected chi connectivity index (χ0v) is 9.81. The summed E-state index contributed by atoms with van der Waals surface area (Å²) in [4.78, 5) is 1.04. The van der Waals surface area contributed by atoms with Gasteiger partial charge < -0.3 is 5.11 Å². The number of hydrogen-bond donors (Lipinski definition) is 1. The summed E-state index contributed by atoms with van der Waals surface area (Å²) in [5, 5.41) is 17.0. The number of aliphatic hydroxyl groups excluding tert-OH is 1. The zero-order chi connectivity index (χ0) is 10.7. The number of nitrogens with zero attached hydrogens (tertiary/aromatic N) is 2. The quantitative estimate of drug-likeness (QED) is 0.892. The molecule has 0 radical (unpaired) electrons. The van der Waals surface area contributed by atoms with Crippen LogP contribution in [-0.2, 0) is 6.61 Å². The summed E-state index contributed by atoms with van der Waals surface area (Å²) in [6.07, 6.45) is 0. The van der Waals surface area contributed by atoms with Gasteiger partial charge in [-0.15, -0.1) is 10.2 Å². The SMILES string of the molecule is Cc1ccc(Sc2nncs2)c(CO)c1. The maximum atomic E-state index is 9.23. The molecule has 15 heavy (non-hydrogen) atoms. The molecule has 1 heterocycles. The second-order valence-corrected chi connectivity index (χ2v) is 5.20. The number of rotatable bonds is 3. The molecular weight excluding hydrogens is 228 g/mol.